The Hall–Kier alpha value is -2.63. The number of ether oxygens (including phenoxy) is 1. The van der Waals surface area contributed by atoms with Gasteiger partial charge in [0.2, 0.25) is 0 Å². The summed E-state index contributed by atoms with van der Waals surface area (Å²) in [6.07, 6.45) is 6.64. The molecule has 5 aliphatic rings. The average Bonchev–Trinajstić information content (AvgIpc) is 3.69. The minimum Gasteiger partial charge on any atom is -0.461 e. The van der Waals surface area contributed by atoms with E-state index in [0.717, 1.165) is 73.5 Å². The van der Waals surface area contributed by atoms with Crippen LogP contribution in [0.15, 0.2) is 12.1 Å². The monoisotopic (exact) mass is 567 g/mol. The van der Waals surface area contributed by atoms with Crippen LogP contribution in [0.3, 0.4) is 0 Å². The number of anilines is 2. The Morgan fingerprint density at radius 1 is 1.12 bits per heavy atom. The lowest BCUT2D eigenvalue weighted by Crippen LogP contribution is -2.51. The normalized spacial score (nSPS) is 31.6. The van der Waals surface area contributed by atoms with E-state index in [1.807, 2.05) is 6.07 Å². The van der Waals surface area contributed by atoms with Crippen molar-refractivity contribution < 1.29 is 13.5 Å². The van der Waals surface area contributed by atoms with Crippen LogP contribution in [0.4, 0.5) is 19.7 Å². The van der Waals surface area contributed by atoms with E-state index in [1.165, 1.54) is 35.8 Å². The highest BCUT2D eigenvalue weighted by Crippen LogP contribution is 2.43. The number of thiazole rings is 1. The lowest BCUT2D eigenvalue weighted by molar-refractivity contribution is 0.107. The minimum atomic E-state index is -0.797. The van der Waals surface area contributed by atoms with Gasteiger partial charge in [0.15, 0.2) is 5.13 Å². The van der Waals surface area contributed by atoms with Crippen LogP contribution in [-0.4, -0.2) is 76.4 Å². The summed E-state index contributed by atoms with van der Waals surface area (Å²) in [5.74, 6) is 0.842. The lowest BCUT2D eigenvalue weighted by Gasteiger charge is -2.37. The molecule has 8 rings (SSSR count). The molecule has 212 valence electrons. The second-order valence-corrected chi connectivity index (χ2v) is 13.5. The van der Waals surface area contributed by atoms with E-state index < -0.39 is 6.17 Å². The van der Waals surface area contributed by atoms with Crippen molar-refractivity contribution in [2.75, 3.05) is 43.4 Å². The number of piperazine rings is 1. The number of nitrogens with two attached hydrogens (primary N) is 1. The topological polar surface area (TPSA) is 92.4 Å². The van der Waals surface area contributed by atoms with Crippen LogP contribution in [0.2, 0.25) is 0 Å². The molecular formula is C29H35F2N7OS. The Morgan fingerprint density at radius 3 is 2.83 bits per heavy atom. The van der Waals surface area contributed by atoms with Crippen molar-refractivity contribution in [1.82, 2.24) is 25.2 Å². The number of alkyl halides is 1. The average molecular weight is 568 g/mol. The van der Waals surface area contributed by atoms with Crippen molar-refractivity contribution in [3.63, 3.8) is 0 Å². The standard InChI is InChI=1S/C29H35F2N7OS/c30-17-11-29(8-1-9-38(29)12-17)15-39-28-34-23-10-16(20-6-7-22(31)24-25(20)40-27(32)35-24)2-5-21(23)26(36-28)37-13-18-3-4-19(14-37)33-18/h6-7,16-19,33H,1-5,8-15H2,(H2,32,35)/t16?,17-,18?,19?,29?/m1/s1. The molecule has 0 amide bonds. The Labute approximate surface area is 236 Å². The predicted molar refractivity (Wildman–Crippen MR) is 151 cm³/mol. The van der Waals surface area contributed by atoms with Crippen LogP contribution in [0.5, 0.6) is 6.01 Å². The predicted octanol–water partition coefficient (Wildman–Crippen LogP) is 3.98. The molecule has 2 bridgehead atoms. The van der Waals surface area contributed by atoms with Gasteiger partial charge in [0, 0.05) is 43.7 Å². The van der Waals surface area contributed by atoms with Crippen molar-refractivity contribution in [3.05, 3.63) is 34.8 Å². The fraction of sp³-hybridized carbons (Fsp3) is 0.621. The van der Waals surface area contributed by atoms with Gasteiger partial charge in [-0.15, -0.1) is 0 Å². The summed E-state index contributed by atoms with van der Waals surface area (Å²) in [5.41, 5.74) is 9.39. The molecule has 1 aliphatic carbocycles. The Kier molecular flexibility index (Phi) is 5.94. The maximum absolute atomic E-state index is 14.5. The second kappa shape index (κ2) is 9.46. The number of hydrogen-bond acceptors (Lipinski definition) is 9. The van der Waals surface area contributed by atoms with Gasteiger partial charge in [-0.2, -0.15) is 9.97 Å². The molecule has 8 nitrogen and oxygen atoms in total. The number of hydrogen-bond donors (Lipinski definition) is 2. The van der Waals surface area contributed by atoms with E-state index in [9.17, 15) is 8.78 Å². The van der Waals surface area contributed by atoms with Crippen LogP contribution in [0.25, 0.3) is 10.2 Å². The van der Waals surface area contributed by atoms with Gasteiger partial charge in [0.25, 0.3) is 0 Å². The number of nitrogens with one attached hydrogen (secondary N) is 1. The minimum absolute atomic E-state index is 0.177. The largest absolute Gasteiger partial charge is 0.461 e. The molecule has 11 heteroatoms. The highest BCUT2D eigenvalue weighted by molar-refractivity contribution is 7.22. The van der Waals surface area contributed by atoms with Crippen LogP contribution < -0.4 is 20.7 Å². The number of fused-ring (bicyclic) bond motifs is 5. The Morgan fingerprint density at radius 2 is 1.98 bits per heavy atom. The molecule has 4 unspecified atom stereocenters. The van der Waals surface area contributed by atoms with Gasteiger partial charge in [-0.05, 0) is 69.0 Å². The molecule has 2 aromatic heterocycles. The first kappa shape index (κ1) is 25.1. The van der Waals surface area contributed by atoms with Crippen molar-refractivity contribution in [1.29, 1.82) is 0 Å². The van der Waals surface area contributed by atoms with Crippen molar-refractivity contribution in [2.24, 2.45) is 0 Å². The van der Waals surface area contributed by atoms with Gasteiger partial charge >= 0.3 is 6.01 Å². The number of rotatable bonds is 5. The zero-order valence-electron chi connectivity index (χ0n) is 22.5. The van der Waals surface area contributed by atoms with Crippen LogP contribution >= 0.6 is 11.3 Å². The van der Waals surface area contributed by atoms with E-state index in [4.69, 9.17) is 20.4 Å². The molecule has 40 heavy (non-hydrogen) atoms. The van der Waals surface area contributed by atoms with E-state index >= 15 is 0 Å². The maximum atomic E-state index is 14.5. The van der Waals surface area contributed by atoms with Gasteiger partial charge in [0.05, 0.1) is 15.9 Å². The molecule has 5 atom stereocenters. The first-order valence-corrected chi connectivity index (χ1v) is 15.5. The van der Waals surface area contributed by atoms with E-state index in [-0.39, 0.29) is 17.3 Å². The fourth-order valence-electron chi connectivity index (χ4n) is 8.12. The molecule has 4 fully saturated rings. The van der Waals surface area contributed by atoms with E-state index in [2.05, 4.69) is 20.1 Å². The molecular weight excluding hydrogens is 532 g/mol. The van der Waals surface area contributed by atoms with Gasteiger partial charge in [-0.1, -0.05) is 17.4 Å². The summed E-state index contributed by atoms with van der Waals surface area (Å²) in [6, 6.07) is 4.77. The van der Waals surface area contributed by atoms with E-state index in [1.54, 1.807) is 0 Å². The quantitative estimate of drug-likeness (QED) is 0.479. The third-order valence-electron chi connectivity index (χ3n) is 9.96. The lowest BCUT2D eigenvalue weighted by atomic mass is 9.82. The van der Waals surface area contributed by atoms with Gasteiger partial charge in [0.1, 0.15) is 29.9 Å². The van der Waals surface area contributed by atoms with Crippen LogP contribution in [0, 0.1) is 5.82 Å². The summed E-state index contributed by atoms with van der Waals surface area (Å²) in [5, 5.41) is 4.11. The van der Waals surface area contributed by atoms with Crippen molar-refractivity contribution >= 4 is 32.5 Å². The Balaban J connectivity index is 1.14. The van der Waals surface area contributed by atoms with Gasteiger partial charge in [-0.3, -0.25) is 4.90 Å². The highest BCUT2D eigenvalue weighted by Gasteiger charge is 2.49. The van der Waals surface area contributed by atoms with Crippen molar-refractivity contribution in [3.8, 4) is 6.01 Å². The molecule has 3 N–H and O–H groups in total. The number of aromatic nitrogens is 3. The summed E-state index contributed by atoms with van der Waals surface area (Å²) >= 11 is 1.35. The fourth-order valence-corrected chi connectivity index (χ4v) is 9.05. The molecule has 0 spiro atoms. The molecule has 6 heterocycles. The third-order valence-corrected chi connectivity index (χ3v) is 10.9. The smallest absolute Gasteiger partial charge is 0.318 e. The zero-order valence-corrected chi connectivity index (χ0v) is 23.4. The zero-order chi connectivity index (χ0) is 27.0. The molecule has 0 radical (unpaired) electrons. The first-order chi connectivity index (χ1) is 19.4. The SMILES string of the molecule is Nc1nc2c(F)ccc(C3CCc4c(nc(OCC56CCCN5C[C@H](F)C6)nc4N4CC5CCC(C4)N5)C3)c2s1. The number of benzene rings is 1. The molecule has 0 saturated carbocycles. The van der Waals surface area contributed by atoms with Gasteiger partial charge < -0.3 is 20.7 Å². The molecule has 4 saturated heterocycles. The van der Waals surface area contributed by atoms with Crippen molar-refractivity contribution in [2.45, 2.75) is 81.1 Å². The summed E-state index contributed by atoms with van der Waals surface area (Å²) in [7, 11) is 0. The first-order valence-electron chi connectivity index (χ1n) is 14.7. The van der Waals surface area contributed by atoms with Crippen LogP contribution in [-0.2, 0) is 12.8 Å². The summed E-state index contributed by atoms with van der Waals surface area (Å²) < 4.78 is 36.1. The third kappa shape index (κ3) is 4.15. The van der Waals surface area contributed by atoms with E-state index in [0.29, 0.717) is 48.3 Å². The van der Waals surface area contributed by atoms with Gasteiger partial charge in [-0.25, -0.2) is 13.8 Å². The second-order valence-electron chi connectivity index (χ2n) is 12.5. The maximum Gasteiger partial charge on any atom is 0.318 e. The summed E-state index contributed by atoms with van der Waals surface area (Å²) in [4.78, 5) is 19.0. The summed E-state index contributed by atoms with van der Waals surface area (Å²) in [6.45, 7) is 3.71. The molecule has 1 aromatic carbocycles. The highest BCUT2D eigenvalue weighted by atomic mass is 32.1. The number of nitrogens with zero attached hydrogens (tertiary/aromatic N) is 5. The van der Waals surface area contributed by atoms with Crippen LogP contribution in [0.1, 0.15) is 61.3 Å². The number of halogens is 2. The molecule has 4 aliphatic heterocycles. The number of nitrogen functional groups attached to an aromatic ring is 1. The Bertz CT molecular complexity index is 1460. The molecule has 3 aromatic rings.